The number of hydrogen-bond donors (Lipinski definition) is 2. The van der Waals surface area contributed by atoms with Crippen molar-refractivity contribution in [1.82, 2.24) is 4.72 Å². The van der Waals surface area contributed by atoms with Crippen LogP contribution in [0.1, 0.15) is 24.1 Å². The molecule has 0 spiro atoms. The lowest BCUT2D eigenvalue weighted by atomic mass is 10.1. The molecule has 0 heterocycles. The number of sulfonamides is 1. The highest BCUT2D eigenvalue weighted by Gasteiger charge is 2.38. The van der Waals surface area contributed by atoms with Crippen LogP contribution in [0.3, 0.4) is 0 Å². The Morgan fingerprint density at radius 2 is 1.76 bits per heavy atom. The lowest BCUT2D eigenvalue weighted by molar-refractivity contribution is -0.158. The van der Waals surface area contributed by atoms with E-state index in [4.69, 9.17) is 4.74 Å². The molecular formula is C22H21NO5S. The lowest BCUT2D eigenvalue weighted by Gasteiger charge is -2.23. The second kappa shape index (κ2) is 7.59. The number of nitrogens with one attached hydrogen (secondary N) is 1. The fourth-order valence-electron chi connectivity index (χ4n) is 3.72. The summed E-state index contributed by atoms with van der Waals surface area (Å²) in [4.78, 5) is 12.1. The summed E-state index contributed by atoms with van der Waals surface area (Å²) in [5.74, 6) is -0.780. The highest BCUT2D eigenvalue weighted by molar-refractivity contribution is 7.89. The summed E-state index contributed by atoms with van der Waals surface area (Å²) >= 11 is 0. The molecule has 0 unspecified atom stereocenters. The average Bonchev–Trinajstić information content (AvgIpc) is 3.04. The van der Waals surface area contributed by atoms with E-state index in [2.05, 4.69) is 4.72 Å². The zero-order chi connectivity index (χ0) is 20.6. The maximum absolute atomic E-state index is 13.3. The van der Waals surface area contributed by atoms with Gasteiger partial charge in [-0.2, -0.15) is 4.72 Å². The maximum atomic E-state index is 13.3. The van der Waals surface area contributed by atoms with Gasteiger partial charge in [-0.3, -0.25) is 0 Å². The van der Waals surface area contributed by atoms with E-state index >= 15 is 0 Å². The molecule has 0 bridgehead atoms. The Kier molecular flexibility index (Phi) is 5.12. The van der Waals surface area contributed by atoms with Gasteiger partial charge in [-0.1, -0.05) is 60.7 Å². The number of aliphatic hydroxyl groups is 1. The first-order valence-electron chi connectivity index (χ1n) is 9.33. The second-order valence-electron chi connectivity index (χ2n) is 7.13. The van der Waals surface area contributed by atoms with Gasteiger partial charge in [0.05, 0.1) is 10.9 Å². The van der Waals surface area contributed by atoms with Gasteiger partial charge < -0.3 is 9.84 Å². The molecule has 4 rings (SSSR count). The van der Waals surface area contributed by atoms with Crippen molar-refractivity contribution < 1.29 is 23.1 Å². The first kappa shape index (κ1) is 19.6. The molecule has 0 aliphatic heterocycles. The van der Waals surface area contributed by atoms with E-state index in [1.54, 1.807) is 24.3 Å². The standard InChI is InChI=1S/C22H21NO5S/c1-14(24)22(25)28-19-13-16-8-3-5-11-18(16)21(19)23-29(26,27)20-12-6-9-15-7-2-4-10-17(15)20/h2-12,14,19,21,23-24H,13H2,1H3/t14-,19-,21+/m1/s1. The van der Waals surface area contributed by atoms with Crippen LogP contribution in [0.15, 0.2) is 71.6 Å². The zero-order valence-electron chi connectivity index (χ0n) is 15.8. The van der Waals surface area contributed by atoms with Gasteiger partial charge in [-0.15, -0.1) is 0 Å². The van der Waals surface area contributed by atoms with Crippen LogP contribution in [0, 0.1) is 0 Å². The number of benzene rings is 3. The fraction of sp³-hybridized carbons (Fsp3) is 0.227. The van der Waals surface area contributed by atoms with Gasteiger partial charge in [0, 0.05) is 11.8 Å². The summed E-state index contributed by atoms with van der Waals surface area (Å²) in [6.45, 7) is 1.32. The highest BCUT2D eigenvalue weighted by Crippen LogP contribution is 2.35. The lowest BCUT2D eigenvalue weighted by Crippen LogP contribution is -2.38. The van der Waals surface area contributed by atoms with Crippen LogP contribution >= 0.6 is 0 Å². The first-order valence-corrected chi connectivity index (χ1v) is 10.8. The summed E-state index contributed by atoms with van der Waals surface area (Å²) in [5, 5.41) is 10.9. The Morgan fingerprint density at radius 1 is 1.07 bits per heavy atom. The Labute approximate surface area is 169 Å². The second-order valence-corrected chi connectivity index (χ2v) is 8.81. The van der Waals surface area contributed by atoms with E-state index in [-0.39, 0.29) is 4.90 Å². The molecule has 150 valence electrons. The molecule has 1 aliphatic rings. The van der Waals surface area contributed by atoms with E-state index in [1.807, 2.05) is 42.5 Å². The van der Waals surface area contributed by atoms with Gasteiger partial charge in [0.2, 0.25) is 10.0 Å². The summed E-state index contributed by atoms with van der Waals surface area (Å²) < 4.78 is 34.7. The number of aliphatic hydroxyl groups excluding tert-OH is 1. The molecule has 3 aromatic carbocycles. The van der Waals surface area contributed by atoms with Crippen molar-refractivity contribution in [3.8, 4) is 0 Å². The number of carbonyl (C=O) groups excluding carboxylic acids is 1. The van der Waals surface area contributed by atoms with E-state index in [9.17, 15) is 18.3 Å². The summed E-state index contributed by atoms with van der Waals surface area (Å²) in [5.41, 5.74) is 1.67. The molecule has 1 aliphatic carbocycles. The largest absolute Gasteiger partial charge is 0.458 e. The third-order valence-electron chi connectivity index (χ3n) is 5.11. The number of ether oxygens (including phenoxy) is 1. The Morgan fingerprint density at radius 3 is 2.55 bits per heavy atom. The molecule has 6 nitrogen and oxygen atoms in total. The molecule has 3 atom stereocenters. The molecule has 0 saturated heterocycles. The van der Waals surface area contributed by atoms with Crippen LogP contribution in [-0.4, -0.2) is 31.7 Å². The minimum atomic E-state index is -3.91. The van der Waals surface area contributed by atoms with Gasteiger partial charge >= 0.3 is 5.97 Å². The average molecular weight is 411 g/mol. The minimum absolute atomic E-state index is 0.167. The summed E-state index contributed by atoms with van der Waals surface area (Å²) in [6.07, 6.45) is -1.65. The number of hydrogen-bond acceptors (Lipinski definition) is 5. The van der Waals surface area contributed by atoms with E-state index < -0.39 is 34.2 Å². The van der Waals surface area contributed by atoms with E-state index in [1.165, 1.54) is 6.92 Å². The Hall–Kier alpha value is -2.74. The van der Waals surface area contributed by atoms with Crippen molar-refractivity contribution in [3.63, 3.8) is 0 Å². The third-order valence-corrected chi connectivity index (χ3v) is 6.61. The molecular weight excluding hydrogens is 390 g/mol. The zero-order valence-corrected chi connectivity index (χ0v) is 16.6. The van der Waals surface area contributed by atoms with Crippen molar-refractivity contribution in [1.29, 1.82) is 0 Å². The quantitative estimate of drug-likeness (QED) is 0.630. The van der Waals surface area contributed by atoms with Crippen LogP contribution in [0.5, 0.6) is 0 Å². The molecule has 2 N–H and O–H groups in total. The minimum Gasteiger partial charge on any atom is -0.458 e. The predicted molar refractivity (Wildman–Crippen MR) is 109 cm³/mol. The SMILES string of the molecule is C[C@@H](O)C(=O)O[C@@H]1Cc2ccccc2[C@@H]1NS(=O)(=O)c1cccc2ccccc12. The van der Waals surface area contributed by atoms with Crippen molar-refractivity contribution in [2.75, 3.05) is 0 Å². The van der Waals surface area contributed by atoms with E-state index in [0.717, 1.165) is 16.5 Å². The maximum Gasteiger partial charge on any atom is 0.335 e. The molecule has 29 heavy (non-hydrogen) atoms. The smallest absolute Gasteiger partial charge is 0.335 e. The van der Waals surface area contributed by atoms with Crippen molar-refractivity contribution in [3.05, 3.63) is 77.9 Å². The normalized spacial score (nSPS) is 19.7. The molecule has 0 amide bonds. The van der Waals surface area contributed by atoms with Crippen LogP contribution < -0.4 is 4.72 Å². The molecule has 0 radical (unpaired) electrons. The fourth-order valence-corrected chi connectivity index (χ4v) is 5.19. The van der Waals surface area contributed by atoms with Crippen molar-refractivity contribution in [2.24, 2.45) is 0 Å². The molecule has 0 aromatic heterocycles. The topological polar surface area (TPSA) is 92.7 Å². The predicted octanol–water partition coefficient (Wildman–Crippen LogP) is 2.71. The van der Waals surface area contributed by atoms with Crippen molar-refractivity contribution in [2.45, 2.75) is 36.5 Å². The number of rotatable bonds is 5. The molecule has 0 fully saturated rings. The monoisotopic (exact) mass is 411 g/mol. The van der Waals surface area contributed by atoms with Crippen LogP contribution in [-0.2, 0) is 26.0 Å². The van der Waals surface area contributed by atoms with Gasteiger partial charge in [0.15, 0.2) is 0 Å². The van der Waals surface area contributed by atoms with Gasteiger partial charge in [-0.25, -0.2) is 13.2 Å². The molecule has 3 aromatic rings. The molecule has 0 saturated carbocycles. The number of esters is 1. The van der Waals surface area contributed by atoms with Crippen molar-refractivity contribution >= 4 is 26.8 Å². The van der Waals surface area contributed by atoms with Crippen LogP contribution in [0.4, 0.5) is 0 Å². The number of fused-ring (bicyclic) bond motifs is 2. The van der Waals surface area contributed by atoms with E-state index in [0.29, 0.717) is 11.8 Å². The molecule has 7 heteroatoms. The summed E-state index contributed by atoms with van der Waals surface area (Å²) in [6, 6.07) is 19.0. The number of carbonyl (C=O) groups is 1. The Bertz CT molecular complexity index is 1170. The van der Waals surface area contributed by atoms with Gasteiger partial charge in [0.25, 0.3) is 0 Å². The van der Waals surface area contributed by atoms with Crippen LogP contribution in [0.2, 0.25) is 0 Å². The van der Waals surface area contributed by atoms with Crippen LogP contribution in [0.25, 0.3) is 10.8 Å². The first-order chi connectivity index (χ1) is 13.9. The summed E-state index contributed by atoms with van der Waals surface area (Å²) in [7, 11) is -3.91. The van der Waals surface area contributed by atoms with Gasteiger partial charge in [0.1, 0.15) is 12.2 Å². The highest BCUT2D eigenvalue weighted by atomic mass is 32.2. The van der Waals surface area contributed by atoms with Gasteiger partial charge in [-0.05, 0) is 29.5 Å². The third kappa shape index (κ3) is 3.76. The Balaban J connectivity index is 1.72.